The molecule has 1 aromatic carbocycles. The van der Waals surface area contributed by atoms with Crippen LogP contribution in [0.25, 0.3) is 0 Å². The molecule has 1 aliphatic rings. The fraction of sp³-hybridized carbons (Fsp3) is 0.565. The summed E-state index contributed by atoms with van der Waals surface area (Å²) in [6, 6.07) is 9.45. The second kappa shape index (κ2) is 12.6. The highest BCUT2D eigenvalue weighted by Gasteiger charge is 2.19. The van der Waals surface area contributed by atoms with Crippen molar-refractivity contribution in [2.45, 2.75) is 65.6 Å². The smallest absolute Gasteiger partial charge is 0.191 e. The summed E-state index contributed by atoms with van der Waals surface area (Å²) in [5.74, 6) is 0.844. The van der Waals surface area contributed by atoms with Gasteiger partial charge in [-0.25, -0.2) is 4.98 Å². The third-order valence-corrected chi connectivity index (χ3v) is 6.94. The summed E-state index contributed by atoms with van der Waals surface area (Å²) in [5, 5.41) is 8.08. The van der Waals surface area contributed by atoms with E-state index in [1.165, 1.54) is 46.8 Å². The van der Waals surface area contributed by atoms with Crippen LogP contribution in [0.15, 0.2) is 29.3 Å². The van der Waals surface area contributed by atoms with Gasteiger partial charge in [0.05, 0.1) is 10.7 Å². The van der Waals surface area contributed by atoms with Crippen LogP contribution >= 0.6 is 35.3 Å². The summed E-state index contributed by atoms with van der Waals surface area (Å²) >= 11 is 1.79. The highest BCUT2D eigenvalue weighted by atomic mass is 127. The monoisotopic (exact) mass is 541 g/mol. The van der Waals surface area contributed by atoms with Crippen molar-refractivity contribution in [3.05, 3.63) is 51.0 Å². The third-order valence-electron chi connectivity index (χ3n) is 5.81. The molecule has 1 aliphatic heterocycles. The van der Waals surface area contributed by atoms with E-state index in [9.17, 15) is 0 Å². The van der Waals surface area contributed by atoms with Gasteiger partial charge in [-0.2, -0.15) is 0 Å². The van der Waals surface area contributed by atoms with Gasteiger partial charge in [0.1, 0.15) is 0 Å². The lowest BCUT2D eigenvalue weighted by Crippen LogP contribution is -2.39. The highest BCUT2D eigenvalue weighted by Crippen LogP contribution is 2.21. The van der Waals surface area contributed by atoms with Gasteiger partial charge in [-0.05, 0) is 51.3 Å². The number of piperidine rings is 1. The number of hydrogen-bond donors (Lipinski definition) is 2. The molecule has 166 valence electrons. The van der Waals surface area contributed by atoms with Crippen LogP contribution in [-0.2, 0) is 19.5 Å². The summed E-state index contributed by atoms with van der Waals surface area (Å²) in [5.41, 5.74) is 3.91. The molecule has 0 bridgehead atoms. The Bertz CT molecular complexity index is 800. The number of halogens is 1. The molecule has 1 saturated heterocycles. The van der Waals surface area contributed by atoms with Gasteiger partial charge in [0.2, 0.25) is 0 Å². The molecule has 1 unspecified atom stereocenters. The van der Waals surface area contributed by atoms with Gasteiger partial charge in [-0.3, -0.25) is 9.89 Å². The van der Waals surface area contributed by atoms with Gasteiger partial charge < -0.3 is 10.6 Å². The van der Waals surface area contributed by atoms with Gasteiger partial charge in [-0.1, -0.05) is 30.7 Å². The molecule has 3 rings (SSSR count). The molecule has 1 fully saturated rings. The molecule has 30 heavy (non-hydrogen) atoms. The van der Waals surface area contributed by atoms with Gasteiger partial charge in [0.25, 0.3) is 0 Å². The van der Waals surface area contributed by atoms with Crippen molar-refractivity contribution in [3.63, 3.8) is 0 Å². The Kier molecular flexibility index (Phi) is 10.5. The number of guanidine groups is 1. The molecular formula is C23H36IN5S. The van der Waals surface area contributed by atoms with E-state index in [2.05, 4.69) is 70.5 Å². The number of nitrogens with zero attached hydrogens (tertiary/aromatic N) is 3. The maximum absolute atomic E-state index is 4.61. The van der Waals surface area contributed by atoms with Crippen molar-refractivity contribution in [1.82, 2.24) is 20.5 Å². The summed E-state index contributed by atoms with van der Waals surface area (Å²) in [4.78, 5) is 12.9. The van der Waals surface area contributed by atoms with Crippen molar-refractivity contribution < 1.29 is 0 Å². The van der Waals surface area contributed by atoms with Gasteiger partial charge in [0, 0.05) is 44.0 Å². The van der Waals surface area contributed by atoms with Crippen LogP contribution in [0.5, 0.6) is 0 Å². The van der Waals surface area contributed by atoms with Crippen LogP contribution in [0.1, 0.15) is 52.9 Å². The van der Waals surface area contributed by atoms with Crippen molar-refractivity contribution >= 4 is 41.3 Å². The Morgan fingerprint density at radius 2 is 1.97 bits per heavy atom. The lowest BCUT2D eigenvalue weighted by molar-refractivity contribution is 0.152. The molecule has 0 spiro atoms. The summed E-state index contributed by atoms with van der Waals surface area (Å²) < 4.78 is 0. The molecule has 2 aromatic rings. The Morgan fingerprint density at radius 3 is 2.63 bits per heavy atom. The zero-order valence-corrected chi connectivity index (χ0v) is 21.8. The molecule has 1 aromatic heterocycles. The minimum absolute atomic E-state index is 0. The topological polar surface area (TPSA) is 52.6 Å². The number of aryl methyl sites for hydroxylation is 2. The first-order valence-corrected chi connectivity index (χ1v) is 11.6. The van der Waals surface area contributed by atoms with E-state index >= 15 is 0 Å². The maximum Gasteiger partial charge on any atom is 0.191 e. The number of benzene rings is 1. The first-order valence-electron chi connectivity index (χ1n) is 10.7. The molecule has 0 aliphatic carbocycles. The van der Waals surface area contributed by atoms with E-state index < -0.39 is 0 Å². The number of nitrogens with one attached hydrogen (secondary N) is 2. The van der Waals surface area contributed by atoms with Gasteiger partial charge >= 0.3 is 0 Å². The van der Waals surface area contributed by atoms with E-state index in [1.807, 2.05) is 7.05 Å². The number of aliphatic imine (C=N–C) groups is 1. The average Bonchev–Trinajstić information content (AvgIpc) is 3.04. The zero-order valence-electron chi connectivity index (χ0n) is 18.7. The Balaban J connectivity index is 0.00000320. The lowest BCUT2D eigenvalue weighted by atomic mass is 10.0. The number of thiazole rings is 1. The van der Waals surface area contributed by atoms with Crippen molar-refractivity contribution in [3.8, 4) is 0 Å². The fourth-order valence-corrected chi connectivity index (χ4v) is 4.76. The number of aromatic nitrogens is 1. The Morgan fingerprint density at radius 1 is 1.20 bits per heavy atom. The highest BCUT2D eigenvalue weighted by molar-refractivity contribution is 14.0. The van der Waals surface area contributed by atoms with E-state index in [0.717, 1.165) is 37.7 Å². The van der Waals surface area contributed by atoms with Crippen LogP contribution in [0.3, 0.4) is 0 Å². The Labute approximate surface area is 202 Å². The first-order chi connectivity index (χ1) is 14.1. The second-order valence-electron chi connectivity index (χ2n) is 7.94. The first kappa shape index (κ1) is 25.1. The SMILES string of the molecule is CN=C(NCCc1nc(C)c(C)s1)NCc1ccccc1CN1CCCCC1C.I. The number of likely N-dealkylation sites (tertiary alicyclic amines) is 1. The molecule has 1 atom stereocenters. The van der Waals surface area contributed by atoms with Crippen LogP contribution in [0.4, 0.5) is 0 Å². The standard InChI is InChI=1S/C23H35N5S.HI/c1-17-9-7-8-14-28(17)16-21-11-6-5-10-20(21)15-26-23(24-4)25-13-12-22-27-18(2)19(3)29-22;/h5-6,10-11,17H,7-9,12-16H2,1-4H3,(H2,24,25,26);1H. The predicted octanol–water partition coefficient (Wildman–Crippen LogP) is 4.66. The molecule has 0 amide bonds. The van der Waals surface area contributed by atoms with E-state index in [-0.39, 0.29) is 24.0 Å². The molecule has 2 N–H and O–H groups in total. The minimum Gasteiger partial charge on any atom is -0.356 e. The molecule has 7 heteroatoms. The fourth-order valence-electron chi connectivity index (χ4n) is 3.83. The maximum atomic E-state index is 4.61. The summed E-state index contributed by atoms with van der Waals surface area (Å²) in [6.07, 6.45) is 4.92. The third kappa shape index (κ3) is 7.20. The summed E-state index contributed by atoms with van der Waals surface area (Å²) in [6.45, 7) is 10.4. The lowest BCUT2D eigenvalue weighted by Gasteiger charge is -2.33. The van der Waals surface area contributed by atoms with Crippen LogP contribution < -0.4 is 10.6 Å². The van der Waals surface area contributed by atoms with E-state index in [0.29, 0.717) is 6.04 Å². The minimum atomic E-state index is 0. The molecule has 5 nitrogen and oxygen atoms in total. The Hall–Kier alpha value is -1.19. The second-order valence-corrected chi connectivity index (χ2v) is 9.22. The molecule has 0 saturated carbocycles. The predicted molar refractivity (Wildman–Crippen MR) is 139 cm³/mol. The molecule has 2 heterocycles. The van der Waals surface area contributed by atoms with E-state index in [1.54, 1.807) is 11.3 Å². The van der Waals surface area contributed by atoms with E-state index in [4.69, 9.17) is 0 Å². The number of hydrogen-bond acceptors (Lipinski definition) is 4. The van der Waals surface area contributed by atoms with Crippen LogP contribution in [-0.4, -0.2) is 42.0 Å². The molecular weight excluding hydrogens is 505 g/mol. The van der Waals surface area contributed by atoms with Gasteiger partial charge in [-0.15, -0.1) is 35.3 Å². The average molecular weight is 542 g/mol. The van der Waals surface area contributed by atoms with Crippen molar-refractivity contribution in [2.75, 3.05) is 20.1 Å². The zero-order chi connectivity index (χ0) is 20.6. The quantitative estimate of drug-likeness (QED) is 0.304. The van der Waals surface area contributed by atoms with Gasteiger partial charge in [0.15, 0.2) is 5.96 Å². The van der Waals surface area contributed by atoms with Crippen LogP contribution in [0.2, 0.25) is 0 Å². The largest absolute Gasteiger partial charge is 0.356 e. The van der Waals surface area contributed by atoms with Crippen molar-refractivity contribution in [1.29, 1.82) is 0 Å². The van der Waals surface area contributed by atoms with Crippen molar-refractivity contribution in [2.24, 2.45) is 4.99 Å². The van der Waals surface area contributed by atoms with Crippen LogP contribution in [0, 0.1) is 13.8 Å². The normalized spacial score (nSPS) is 17.5. The number of rotatable bonds is 7. The summed E-state index contributed by atoms with van der Waals surface area (Å²) in [7, 11) is 1.83. The molecule has 0 radical (unpaired) electrons.